The lowest BCUT2D eigenvalue weighted by Gasteiger charge is -2.24. The molecule has 0 saturated carbocycles. The molecule has 3 atom stereocenters. The van der Waals surface area contributed by atoms with Crippen molar-refractivity contribution in [3.8, 4) is 0 Å². The lowest BCUT2D eigenvalue weighted by atomic mass is 10.0. The molecule has 9 heteroatoms. The van der Waals surface area contributed by atoms with Gasteiger partial charge in [0.2, 0.25) is 11.8 Å². The third kappa shape index (κ3) is 8.19. The molecule has 0 aromatic heterocycles. The minimum absolute atomic E-state index is 0.146. The molecule has 7 N–H and O–H groups in total. The second-order valence-electron chi connectivity index (χ2n) is 5.70. The van der Waals surface area contributed by atoms with E-state index in [0.29, 0.717) is 25.8 Å². The van der Waals surface area contributed by atoms with E-state index in [1.54, 1.807) is 13.8 Å². The van der Waals surface area contributed by atoms with Gasteiger partial charge in [-0.05, 0) is 31.7 Å². The van der Waals surface area contributed by atoms with Gasteiger partial charge in [0, 0.05) is 5.75 Å². The minimum atomic E-state index is -1.12. The summed E-state index contributed by atoms with van der Waals surface area (Å²) in [6.45, 7) is 3.86. The Morgan fingerprint density at radius 1 is 1.13 bits per heavy atom. The first-order valence-corrected chi connectivity index (χ1v) is 8.27. The van der Waals surface area contributed by atoms with E-state index in [0.717, 1.165) is 0 Å². The van der Waals surface area contributed by atoms with E-state index in [1.165, 1.54) is 0 Å². The van der Waals surface area contributed by atoms with Crippen LogP contribution in [0.25, 0.3) is 0 Å². The molecule has 2 amide bonds. The normalized spacial score (nSPS) is 14.9. The SMILES string of the molecule is CC(C)C(NC(=O)C(CCCCN)NC(=O)C(N)CS)C(=O)O. The molecule has 0 aromatic carbocycles. The van der Waals surface area contributed by atoms with Crippen LogP contribution < -0.4 is 22.1 Å². The highest BCUT2D eigenvalue weighted by Gasteiger charge is 2.28. The molecule has 0 saturated heterocycles. The highest BCUT2D eigenvalue weighted by Crippen LogP contribution is 2.06. The fraction of sp³-hybridized carbons (Fsp3) is 0.786. The summed E-state index contributed by atoms with van der Waals surface area (Å²) in [5, 5.41) is 14.2. The van der Waals surface area contributed by atoms with Crippen LogP contribution in [0.4, 0.5) is 0 Å². The first-order chi connectivity index (χ1) is 10.7. The Labute approximate surface area is 142 Å². The molecule has 8 nitrogen and oxygen atoms in total. The van der Waals surface area contributed by atoms with E-state index in [1.807, 2.05) is 0 Å². The van der Waals surface area contributed by atoms with Gasteiger partial charge < -0.3 is 27.2 Å². The van der Waals surface area contributed by atoms with E-state index in [9.17, 15) is 14.4 Å². The van der Waals surface area contributed by atoms with Crippen molar-refractivity contribution >= 4 is 30.4 Å². The predicted molar refractivity (Wildman–Crippen MR) is 91.1 cm³/mol. The Morgan fingerprint density at radius 3 is 2.17 bits per heavy atom. The number of carbonyl (C=O) groups is 3. The molecule has 0 rings (SSSR count). The molecular formula is C14H28N4O4S. The van der Waals surface area contributed by atoms with Crippen LogP contribution in [0.1, 0.15) is 33.1 Å². The Morgan fingerprint density at radius 2 is 1.74 bits per heavy atom. The molecule has 134 valence electrons. The highest BCUT2D eigenvalue weighted by atomic mass is 32.1. The number of amides is 2. The van der Waals surface area contributed by atoms with Gasteiger partial charge in [-0.2, -0.15) is 12.6 Å². The third-order valence-corrected chi connectivity index (χ3v) is 3.74. The second kappa shape index (κ2) is 11.3. The number of aliphatic carboxylic acids is 1. The van der Waals surface area contributed by atoms with E-state index >= 15 is 0 Å². The number of carbonyl (C=O) groups excluding carboxylic acids is 2. The number of hydrogen-bond donors (Lipinski definition) is 6. The van der Waals surface area contributed by atoms with Crippen LogP contribution in [0.15, 0.2) is 0 Å². The molecule has 0 spiro atoms. The van der Waals surface area contributed by atoms with Gasteiger partial charge in [0.1, 0.15) is 12.1 Å². The number of nitrogens with one attached hydrogen (secondary N) is 2. The summed E-state index contributed by atoms with van der Waals surface area (Å²) < 4.78 is 0. The standard InChI is InChI=1S/C14H28N4O4S/c1-8(2)11(14(21)22)18-13(20)10(5-3-4-6-15)17-12(19)9(16)7-23/h8-11,23H,3-7,15-16H2,1-2H3,(H,17,19)(H,18,20)(H,21,22). The number of nitrogens with two attached hydrogens (primary N) is 2. The minimum Gasteiger partial charge on any atom is -0.480 e. The number of unbranched alkanes of at least 4 members (excludes halogenated alkanes) is 1. The summed E-state index contributed by atoms with van der Waals surface area (Å²) in [6.07, 6.45) is 1.69. The van der Waals surface area contributed by atoms with Crippen LogP contribution >= 0.6 is 12.6 Å². The van der Waals surface area contributed by atoms with Crippen LogP contribution in [-0.2, 0) is 14.4 Å². The average Bonchev–Trinajstić information content (AvgIpc) is 2.49. The first-order valence-electron chi connectivity index (χ1n) is 7.64. The Balaban J connectivity index is 4.91. The molecule has 0 aliphatic heterocycles. The van der Waals surface area contributed by atoms with Gasteiger partial charge >= 0.3 is 5.97 Å². The maximum Gasteiger partial charge on any atom is 0.326 e. The molecule has 0 aromatic rings. The van der Waals surface area contributed by atoms with Crippen molar-refractivity contribution in [2.75, 3.05) is 12.3 Å². The topological polar surface area (TPSA) is 148 Å². The van der Waals surface area contributed by atoms with E-state index in [2.05, 4.69) is 23.3 Å². The zero-order chi connectivity index (χ0) is 18.0. The smallest absolute Gasteiger partial charge is 0.326 e. The number of thiol groups is 1. The van der Waals surface area contributed by atoms with E-state index in [-0.39, 0.29) is 11.7 Å². The fourth-order valence-electron chi connectivity index (χ4n) is 1.89. The van der Waals surface area contributed by atoms with Crippen LogP contribution in [0.5, 0.6) is 0 Å². The van der Waals surface area contributed by atoms with Crippen molar-refractivity contribution in [3.63, 3.8) is 0 Å². The predicted octanol–water partition coefficient (Wildman–Crippen LogP) is -0.917. The summed E-state index contributed by atoms with van der Waals surface area (Å²) in [5.41, 5.74) is 11.0. The molecule has 3 unspecified atom stereocenters. The zero-order valence-corrected chi connectivity index (χ0v) is 14.5. The molecule has 0 heterocycles. The molecule has 0 aliphatic rings. The fourth-order valence-corrected chi connectivity index (χ4v) is 2.06. The molecule has 23 heavy (non-hydrogen) atoms. The molecular weight excluding hydrogens is 320 g/mol. The van der Waals surface area contributed by atoms with Crippen molar-refractivity contribution in [3.05, 3.63) is 0 Å². The monoisotopic (exact) mass is 348 g/mol. The summed E-state index contributed by atoms with van der Waals surface area (Å²) in [6, 6.07) is -2.70. The van der Waals surface area contributed by atoms with Crippen molar-refractivity contribution < 1.29 is 19.5 Å². The molecule has 0 fully saturated rings. The first kappa shape index (κ1) is 21.7. The number of hydrogen-bond acceptors (Lipinski definition) is 6. The number of rotatable bonds is 11. The molecule has 0 bridgehead atoms. The van der Waals surface area contributed by atoms with Gasteiger partial charge in [0.25, 0.3) is 0 Å². The van der Waals surface area contributed by atoms with Gasteiger partial charge in [-0.15, -0.1) is 0 Å². The van der Waals surface area contributed by atoms with Crippen LogP contribution in [0.2, 0.25) is 0 Å². The third-order valence-electron chi connectivity index (χ3n) is 3.34. The van der Waals surface area contributed by atoms with Crippen LogP contribution in [0, 0.1) is 5.92 Å². The van der Waals surface area contributed by atoms with Gasteiger partial charge in [-0.1, -0.05) is 13.8 Å². The summed E-state index contributed by atoms with van der Waals surface area (Å²) >= 11 is 3.94. The number of carboxylic acid groups (broad SMARTS) is 1. The van der Waals surface area contributed by atoms with Gasteiger partial charge in [0.05, 0.1) is 6.04 Å². The van der Waals surface area contributed by atoms with Crippen LogP contribution in [-0.4, -0.2) is 53.3 Å². The Hall–Kier alpha value is -1.32. The largest absolute Gasteiger partial charge is 0.480 e. The van der Waals surface area contributed by atoms with Gasteiger partial charge in [-0.3, -0.25) is 9.59 Å². The average molecular weight is 348 g/mol. The van der Waals surface area contributed by atoms with Crippen molar-refractivity contribution in [1.29, 1.82) is 0 Å². The summed E-state index contributed by atoms with van der Waals surface area (Å²) in [5.74, 6) is -2.29. The maximum absolute atomic E-state index is 12.3. The molecule has 0 radical (unpaired) electrons. The lowest BCUT2D eigenvalue weighted by Crippen LogP contribution is -2.55. The zero-order valence-electron chi connectivity index (χ0n) is 13.6. The quantitative estimate of drug-likeness (QED) is 0.210. The number of carboxylic acids is 1. The lowest BCUT2D eigenvalue weighted by molar-refractivity contribution is -0.143. The van der Waals surface area contributed by atoms with Crippen molar-refractivity contribution in [2.45, 2.75) is 51.2 Å². The van der Waals surface area contributed by atoms with Crippen molar-refractivity contribution in [2.24, 2.45) is 17.4 Å². The molecule has 0 aliphatic carbocycles. The summed E-state index contributed by atoms with van der Waals surface area (Å²) in [4.78, 5) is 35.4. The summed E-state index contributed by atoms with van der Waals surface area (Å²) in [7, 11) is 0. The van der Waals surface area contributed by atoms with E-state index in [4.69, 9.17) is 16.6 Å². The highest BCUT2D eigenvalue weighted by molar-refractivity contribution is 7.80. The Kier molecular flexibility index (Phi) is 10.6. The van der Waals surface area contributed by atoms with E-state index < -0.39 is 35.9 Å². The maximum atomic E-state index is 12.3. The van der Waals surface area contributed by atoms with Gasteiger partial charge in [0.15, 0.2) is 0 Å². The second-order valence-corrected chi connectivity index (χ2v) is 6.07. The Bertz CT molecular complexity index is 406. The van der Waals surface area contributed by atoms with Crippen molar-refractivity contribution in [1.82, 2.24) is 10.6 Å². The van der Waals surface area contributed by atoms with Crippen LogP contribution in [0.3, 0.4) is 0 Å². The van der Waals surface area contributed by atoms with Gasteiger partial charge in [-0.25, -0.2) is 4.79 Å².